The van der Waals surface area contributed by atoms with Gasteiger partial charge in [0.15, 0.2) is 5.65 Å². The van der Waals surface area contributed by atoms with Crippen molar-refractivity contribution in [1.29, 1.82) is 0 Å². The van der Waals surface area contributed by atoms with Crippen LogP contribution in [0, 0.1) is 5.92 Å². The highest BCUT2D eigenvalue weighted by Crippen LogP contribution is 2.44. The van der Waals surface area contributed by atoms with Gasteiger partial charge in [-0.15, -0.1) is 0 Å². The summed E-state index contributed by atoms with van der Waals surface area (Å²) in [5, 5.41) is 20.9. The van der Waals surface area contributed by atoms with Crippen LogP contribution < -0.4 is 16.2 Å². The van der Waals surface area contributed by atoms with Gasteiger partial charge in [-0.1, -0.05) is 41.1 Å². The average molecular weight is 425 g/mol. The quantitative estimate of drug-likeness (QED) is 0.489. The van der Waals surface area contributed by atoms with Gasteiger partial charge in [-0.25, -0.2) is 0 Å². The van der Waals surface area contributed by atoms with E-state index in [4.69, 9.17) is 22.1 Å². The van der Waals surface area contributed by atoms with Gasteiger partial charge >= 0.3 is 4.87 Å². The molecule has 0 amide bonds. The Kier molecular flexibility index (Phi) is 4.98. The van der Waals surface area contributed by atoms with Crippen molar-refractivity contribution in [3.63, 3.8) is 0 Å². The minimum atomic E-state index is -1.06. The number of hydrogen-bond acceptors (Lipinski definition) is 8. The van der Waals surface area contributed by atoms with Crippen LogP contribution in [-0.2, 0) is 4.74 Å². The summed E-state index contributed by atoms with van der Waals surface area (Å²) in [6, 6.07) is 6.83. The highest BCUT2D eigenvalue weighted by molar-refractivity contribution is 7.16. The number of thiazole rings is 1. The number of aliphatic hydroxyl groups is 2. The zero-order valence-corrected chi connectivity index (χ0v) is 16.0. The van der Waals surface area contributed by atoms with Crippen LogP contribution in [0.2, 0.25) is 5.02 Å². The first kappa shape index (κ1) is 19.1. The summed E-state index contributed by atoms with van der Waals surface area (Å²) < 4.78 is 7.17. The number of hydrogen-bond donors (Lipinski definition) is 4. The molecule has 3 aromatic rings. The van der Waals surface area contributed by atoms with Crippen molar-refractivity contribution in [2.75, 3.05) is 12.3 Å². The summed E-state index contributed by atoms with van der Waals surface area (Å²) in [7, 11) is 0. The van der Waals surface area contributed by atoms with E-state index in [1.807, 2.05) is 0 Å². The van der Waals surface area contributed by atoms with E-state index in [9.17, 15) is 19.8 Å². The number of H-pyrrole nitrogens is 1. The molecule has 0 bridgehead atoms. The number of benzene rings is 1. The Morgan fingerprint density at radius 2 is 2.18 bits per heavy atom. The van der Waals surface area contributed by atoms with Crippen LogP contribution in [0.4, 0.5) is 5.95 Å². The lowest BCUT2D eigenvalue weighted by molar-refractivity contribution is -0.0498. The highest BCUT2D eigenvalue weighted by atomic mass is 35.5. The van der Waals surface area contributed by atoms with Crippen molar-refractivity contribution in [2.24, 2.45) is 5.92 Å². The lowest BCUT2D eigenvalue weighted by atomic mass is 9.91. The molecule has 4 rings (SSSR count). The Labute approximate surface area is 167 Å². The van der Waals surface area contributed by atoms with E-state index < -0.39 is 34.8 Å². The molecule has 1 unspecified atom stereocenters. The van der Waals surface area contributed by atoms with Crippen molar-refractivity contribution in [1.82, 2.24) is 14.5 Å². The van der Waals surface area contributed by atoms with Crippen molar-refractivity contribution in [2.45, 2.75) is 24.9 Å². The molecule has 1 saturated heterocycles. The first-order valence-electron chi connectivity index (χ1n) is 8.50. The molecule has 1 aliphatic heterocycles. The third-order valence-electron chi connectivity index (χ3n) is 4.81. The molecular formula is C17H17ClN4O5S. The lowest BCUT2D eigenvalue weighted by Gasteiger charge is -2.25. The van der Waals surface area contributed by atoms with Crippen molar-refractivity contribution in [3.8, 4) is 0 Å². The molecule has 0 saturated carbocycles. The van der Waals surface area contributed by atoms with Crippen molar-refractivity contribution in [3.05, 3.63) is 54.9 Å². The van der Waals surface area contributed by atoms with Gasteiger partial charge in [0, 0.05) is 10.9 Å². The fraction of sp³-hybridized carbons (Fsp3) is 0.353. The number of nitrogens with one attached hydrogen (secondary N) is 1. The van der Waals surface area contributed by atoms with Crippen LogP contribution in [0.1, 0.15) is 24.3 Å². The van der Waals surface area contributed by atoms with Gasteiger partial charge in [-0.3, -0.25) is 19.1 Å². The number of nitrogens with two attached hydrogens (primary N) is 1. The minimum absolute atomic E-state index is 0.0798. The molecule has 9 nitrogen and oxygen atoms in total. The van der Waals surface area contributed by atoms with Crippen LogP contribution >= 0.6 is 22.9 Å². The van der Waals surface area contributed by atoms with Crippen molar-refractivity contribution < 1.29 is 14.9 Å². The second-order valence-electron chi connectivity index (χ2n) is 6.54. The lowest BCUT2D eigenvalue weighted by Crippen LogP contribution is -2.28. The number of nitrogen functional groups attached to an aromatic ring is 1. The number of aliphatic hydroxyl groups excluding tert-OH is 2. The molecule has 4 atom stereocenters. The zero-order chi connectivity index (χ0) is 20.0. The Balaban J connectivity index is 1.84. The van der Waals surface area contributed by atoms with E-state index in [-0.39, 0.29) is 29.3 Å². The van der Waals surface area contributed by atoms with E-state index in [0.29, 0.717) is 10.6 Å². The minimum Gasteiger partial charge on any atom is -0.394 e. The Bertz CT molecular complexity index is 1140. The average Bonchev–Trinajstić information content (AvgIpc) is 3.22. The summed E-state index contributed by atoms with van der Waals surface area (Å²) in [5.74, 6) is -0.737. The van der Waals surface area contributed by atoms with E-state index >= 15 is 0 Å². The van der Waals surface area contributed by atoms with E-state index in [2.05, 4.69) is 9.97 Å². The number of nitrogens with zero attached hydrogens (tertiary/aromatic N) is 2. The van der Waals surface area contributed by atoms with E-state index in [1.54, 1.807) is 24.3 Å². The van der Waals surface area contributed by atoms with Crippen molar-refractivity contribution >= 4 is 39.2 Å². The molecule has 0 spiro atoms. The first-order valence-corrected chi connectivity index (χ1v) is 9.69. The second-order valence-corrected chi connectivity index (χ2v) is 7.91. The van der Waals surface area contributed by atoms with Gasteiger partial charge in [-0.05, 0) is 18.1 Å². The zero-order valence-electron chi connectivity index (χ0n) is 14.4. The second kappa shape index (κ2) is 7.30. The normalized spacial score (nSPS) is 23.3. The summed E-state index contributed by atoms with van der Waals surface area (Å²) in [6.45, 7) is -0.283. The number of ether oxygens (including phenoxy) is 1. The SMILES string of the molecule is Nc1nc2c(sc(=O)n2[C@@H]2O[C@H](CO)C[C@H]2C(O)c2ccccc2Cl)c(=O)[nH]1. The standard InChI is InChI=1S/C17H17ClN4O5S/c18-10-4-2-1-3-8(10)11(24)9-5-7(6-23)27-15(9)22-13-12(28-17(22)26)14(25)21-16(19)20-13/h1-4,7,9,11,15,23-24H,5-6H2,(H3,19,20,21,25)/t7-,9-,11?,15+/m0/s1. The van der Waals surface area contributed by atoms with Crippen LogP contribution in [-0.4, -0.2) is 37.5 Å². The summed E-state index contributed by atoms with van der Waals surface area (Å²) in [5.41, 5.74) is 5.68. The maximum atomic E-state index is 12.7. The smallest absolute Gasteiger partial charge is 0.311 e. The Morgan fingerprint density at radius 3 is 2.89 bits per heavy atom. The number of aromatic amines is 1. The molecule has 0 radical (unpaired) electrons. The molecule has 1 aliphatic rings. The third-order valence-corrected chi connectivity index (χ3v) is 6.10. The largest absolute Gasteiger partial charge is 0.394 e. The van der Waals surface area contributed by atoms with Gasteiger partial charge in [0.25, 0.3) is 5.56 Å². The van der Waals surface area contributed by atoms with E-state index in [0.717, 1.165) is 11.3 Å². The number of rotatable bonds is 4. The molecule has 1 aromatic carbocycles. The molecule has 28 heavy (non-hydrogen) atoms. The number of halogens is 1. The molecule has 5 N–H and O–H groups in total. The molecule has 148 valence electrons. The fourth-order valence-electron chi connectivity index (χ4n) is 3.54. The number of aromatic nitrogens is 3. The summed E-state index contributed by atoms with van der Waals surface area (Å²) in [4.78, 5) is 30.7. The van der Waals surface area contributed by atoms with Crippen LogP contribution in [0.25, 0.3) is 10.3 Å². The molecular weight excluding hydrogens is 408 g/mol. The van der Waals surface area contributed by atoms with Crippen LogP contribution in [0.3, 0.4) is 0 Å². The first-order chi connectivity index (χ1) is 13.4. The Morgan fingerprint density at radius 1 is 1.43 bits per heavy atom. The predicted octanol–water partition coefficient (Wildman–Crippen LogP) is 1.01. The molecule has 2 aromatic heterocycles. The monoisotopic (exact) mass is 424 g/mol. The van der Waals surface area contributed by atoms with E-state index in [1.165, 1.54) is 4.57 Å². The molecule has 11 heteroatoms. The maximum absolute atomic E-state index is 12.7. The van der Waals surface area contributed by atoms with Crippen LogP contribution in [0.5, 0.6) is 0 Å². The Hall–Kier alpha value is -2.24. The predicted molar refractivity (Wildman–Crippen MR) is 104 cm³/mol. The summed E-state index contributed by atoms with van der Waals surface area (Å²) in [6.07, 6.45) is -2.31. The molecule has 3 heterocycles. The van der Waals surface area contributed by atoms with Crippen LogP contribution in [0.15, 0.2) is 33.9 Å². The van der Waals surface area contributed by atoms with Gasteiger partial charge in [0.1, 0.15) is 10.9 Å². The molecule has 0 aliphatic carbocycles. The van der Waals surface area contributed by atoms with Gasteiger partial charge < -0.3 is 20.7 Å². The maximum Gasteiger partial charge on any atom is 0.311 e. The van der Waals surface area contributed by atoms with Gasteiger partial charge in [0.2, 0.25) is 5.95 Å². The molecule has 1 fully saturated rings. The van der Waals surface area contributed by atoms with Gasteiger partial charge in [-0.2, -0.15) is 4.98 Å². The fourth-order valence-corrected chi connectivity index (χ4v) is 4.63. The third kappa shape index (κ3) is 3.12. The summed E-state index contributed by atoms with van der Waals surface area (Å²) >= 11 is 6.94. The topological polar surface area (TPSA) is 143 Å². The van der Waals surface area contributed by atoms with Gasteiger partial charge in [0.05, 0.1) is 18.8 Å². The number of anilines is 1. The highest BCUT2D eigenvalue weighted by Gasteiger charge is 2.43. The number of fused-ring (bicyclic) bond motifs is 1.